The van der Waals surface area contributed by atoms with Gasteiger partial charge in [-0.15, -0.1) is 0 Å². The van der Waals surface area contributed by atoms with Gasteiger partial charge in [-0.05, 0) is 228 Å². The van der Waals surface area contributed by atoms with Crippen LogP contribution in [0.15, 0.2) is 0 Å². The summed E-state index contributed by atoms with van der Waals surface area (Å²) in [6, 6.07) is 0. The zero-order valence-electron chi connectivity index (χ0n) is 54.0. The lowest BCUT2D eigenvalue weighted by Crippen LogP contribution is -2.38. The number of fused-ring (bicyclic) bond motifs is 16. The summed E-state index contributed by atoms with van der Waals surface area (Å²) in [5.41, 5.74) is 0.858. The van der Waals surface area contributed by atoms with E-state index in [2.05, 4.69) is 0 Å². The van der Waals surface area contributed by atoms with E-state index in [4.69, 9.17) is 0 Å². The van der Waals surface area contributed by atoms with Gasteiger partial charge >= 0.3 is 0 Å². The fourth-order valence-corrected chi connectivity index (χ4v) is 22.9. The maximum absolute atomic E-state index is 1.58. The van der Waals surface area contributed by atoms with Gasteiger partial charge in [0.25, 0.3) is 0 Å². The molecule has 0 saturated heterocycles. The highest BCUT2D eigenvalue weighted by Crippen LogP contribution is 2.53. The molecule has 24 aliphatic rings. The largest absolute Gasteiger partial charge is 0.0533 e. The highest BCUT2D eigenvalue weighted by Gasteiger charge is 2.41. The molecular formula is C80H140. The second kappa shape index (κ2) is 32.8. The summed E-state index contributed by atoms with van der Waals surface area (Å²) in [6.45, 7) is 0. The summed E-state index contributed by atoms with van der Waals surface area (Å²) in [7, 11) is 0. The van der Waals surface area contributed by atoms with E-state index in [-0.39, 0.29) is 0 Å². The molecular weight excluding hydrogens is 961 g/mol. The van der Waals surface area contributed by atoms with Gasteiger partial charge in [0.1, 0.15) is 0 Å². The van der Waals surface area contributed by atoms with Crippen molar-refractivity contribution in [3.8, 4) is 0 Å². The van der Waals surface area contributed by atoms with Gasteiger partial charge in [-0.3, -0.25) is 0 Å². The molecule has 6 unspecified atom stereocenters. The summed E-state index contributed by atoms with van der Waals surface area (Å²) in [4.78, 5) is 0. The van der Waals surface area contributed by atoms with Crippen LogP contribution >= 0.6 is 0 Å². The predicted octanol–water partition coefficient (Wildman–Crippen LogP) is 26.0. The van der Waals surface area contributed by atoms with Crippen LogP contribution < -0.4 is 0 Å². The average molecular weight is 1100 g/mol. The van der Waals surface area contributed by atoms with E-state index in [1.165, 1.54) is 168 Å². The summed E-state index contributed by atoms with van der Waals surface area (Å²) in [5, 5.41) is 0. The standard InChI is InChI=1S/C11H20.C10H18.2C9H16.2C8H14.2C7H12.C6H10.C5H8/c1-3-7-11(8-4-1)9-5-2-6-10-11;1-2-5-10-7-3-6-9(4-1)8-10;1-3-8-5-2-6-9(4-1)7-8;1-2-4-9-6-5-8(3-1)7-9;1-2-7-4-5-8(3-1)6-7;1-2-4-8-5-7(3-1)6-8;1-2-7-4-3-6(1)5-7;1-2-6-4-7(3-1)5-6;1-2-6-3-5(1)4-6;1-4-2-5(1)3-4/h1-10H2;9-10H,1-8H2;2*8-9H,1-7H2;2*7-8H,1-6H2;2*6-7H,1-5H2;5-6H,1-4H2;4-5H,1-3H2. The molecule has 0 radical (unpaired) electrons. The first-order valence-corrected chi connectivity index (χ1v) is 39.5. The Balaban J connectivity index is 0.0000000942. The molecule has 0 amide bonds. The van der Waals surface area contributed by atoms with Crippen LogP contribution in [0.3, 0.4) is 0 Å². The Bertz CT molecular complexity index is 1480. The zero-order chi connectivity index (χ0) is 54.0. The molecule has 0 aromatic rings. The smallest absolute Gasteiger partial charge is 0.0297 e. The quantitative estimate of drug-likeness (QED) is 0.227. The van der Waals surface area contributed by atoms with Gasteiger partial charge in [0.05, 0.1) is 0 Å². The fraction of sp³-hybridized carbons (Fsp3) is 1.00. The van der Waals surface area contributed by atoms with Gasteiger partial charge in [0.2, 0.25) is 0 Å². The second-order valence-corrected chi connectivity index (χ2v) is 34.9. The lowest BCUT2D eigenvalue weighted by molar-refractivity contribution is 0.0198. The van der Waals surface area contributed by atoms with E-state index in [0.717, 1.165) is 52.8 Å². The topological polar surface area (TPSA) is 0 Å². The molecule has 0 nitrogen and oxygen atoms in total. The Morgan fingerprint density at radius 3 is 0.438 bits per heavy atom. The predicted molar refractivity (Wildman–Crippen MR) is 347 cm³/mol. The number of rotatable bonds is 0. The van der Waals surface area contributed by atoms with E-state index >= 15 is 0 Å². The third-order valence-electron chi connectivity index (χ3n) is 28.6. The van der Waals surface area contributed by atoms with Crippen LogP contribution in [0, 0.1) is 112 Å². The Morgan fingerprint density at radius 2 is 0.250 bits per heavy atom. The van der Waals surface area contributed by atoms with Gasteiger partial charge in [-0.1, -0.05) is 276 Å². The van der Waals surface area contributed by atoms with Crippen molar-refractivity contribution in [3.05, 3.63) is 0 Å². The molecule has 24 saturated carbocycles. The normalized spacial score (nSPS) is 43.8. The summed E-state index contributed by atoms with van der Waals surface area (Å²) in [6.07, 6.45) is 94.9. The minimum Gasteiger partial charge on any atom is -0.0533 e. The number of hydrogen-bond donors (Lipinski definition) is 0. The molecule has 0 heterocycles. The fourth-order valence-electron chi connectivity index (χ4n) is 22.9. The van der Waals surface area contributed by atoms with E-state index in [1.54, 1.807) is 283 Å². The van der Waals surface area contributed by atoms with E-state index < -0.39 is 0 Å². The lowest BCUT2D eigenvalue weighted by Gasteiger charge is -2.49. The summed E-state index contributed by atoms with van der Waals surface area (Å²) >= 11 is 0. The molecule has 0 N–H and O–H groups in total. The van der Waals surface area contributed by atoms with Crippen LogP contribution in [0.25, 0.3) is 0 Å². The maximum atomic E-state index is 1.58. The Morgan fingerprint density at radius 1 is 0.113 bits per heavy atom. The van der Waals surface area contributed by atoms with Gasteiger partial charge in [0, 0.05) is 0 Å². The van der Waals surface area contributed by atoms with Crippen molar-refractivity contribution in [2.75, 3.05) is 0 Å². The molecule has 0 aromatic carbocycles. The van der Waals surface area contributed by atoms with Crippen molar-refractivity contribution in [3.63, 3.8) is 0 Å². The molecule has 18 bridgehead atoms. The Kier molecular flexibility index (Phi) is 25.3. The molecule has 460 valence electrons. The third-order valence-corrected chi connectivity index (χ3v) is 28.6. The van der Waals surface area contributed by atoms with Crippen LogP contribution in [0.1, 0.15) is 392 Å². The molecule has 0 heteroatoms. The SMILES string of the molecule is C1C2CC1C2.C1CC2CC(C1)C2.C1CC2CC1C2.C1CC2CCC(C1)C2.C1CC2CCC1C2.C1CC2CCCC(C1)C2.C1CCC2(CC1)CCCCC2.C1CCC2CC(C1)C2.C1CCC2CCC(C1)C2.C1CCC2CCCC(C1)C2. The molecule has 1 spiro atoms. The van der Waals surface area contributed by atoms with Crippen molar-refractivity contribution < 1.29 is 0 Å². The van der Waals surface area contributed by atoms with Gasteiger partial charge in [0.15, 0.2) is 0 Å². The third kappa shape index (κ3) is 20.0. The Hall–Kier alpha value is 0. The first-order valence-electron chi connectivity index (χ1n) is 39.5. The highest BCUT2D eigenvalue weighted by molar-refractivity contribution is 4.93. The van der Waals surface area contributed by atoms with E-state index in [9.17, 15) is 0 Å². The minimum absolute atomic E-state index is 0.858. The molecule has 24 rings (SSSR count). The van der Waals surface area contributed by atoms with Crippen molar-refractivity contribution >= 4 is 0 Å². The Labute approximate surface area is 501 Å². The average Bonchev–Trinajstić information content (AvgIpc) is 4.45. The first kappa shape index (κ1) is 61.6. The van der Waals surface area contributed by atoms with Crippen LogP contribution in [-0.4, -0.2) is 0 Å². The van der Waals surface area contributed by atoms with Crippen LogP contribution in [0.2, 0.25) is 0 Å². The molecule has 24 fully saturated rings. The lowest BCUT2D eigenvalue weighted by atomic mass is 9.56. The van der Waals surface area contributed by atoms with Gasteiger partial charge in [-0.2, -0.15) is 0 Å². The van der Waals surface area contributed by atoms with Crippen LogP contribution in [0.4, 0.5) is 0 Å². The first-order chi connectivity index (χ1) is 39.5. The highest BCUT2D eigenvalue weighted by atomic mass is 14.5. The monoisotopic (exact) mass is 1100 g/mol. The summed E-state index contributed by atoms with van der Waals surface area (Å²) < 4.78 is 0. The molecule has 24 aliphatic carbocycles. The van der Waals surface area contributed by atoms with Crippen LogP contribution in [-0.2, 0) is 0 Å². The van der Waals surface area contributed by atoms with Gasteiger partial charge < -0.3 is 0 Å². The van der Waals surface area contributed by atoms with Crippen molar-refractivity contribution in [1.82, 2.24) is 0 Å². The number of hydrogen-bond acceptors (Lipinski definition) is 0. The van der Waals surface area contributed by atoms with E-state index in [1.807, 2.05) is 0 Å². The zero-order valence-corrected chi connectivity index (χ0v) is 54.0. The molecule has 80 heavy (non-hydrogen) atoms. The maximum Gasteiger partial charge on any atom is -0.0297 e. The summed E-state index contributed by atoms with van der Waals surface area (Å²) in [5.74, 6) is 21.0. The molecule has 0 aliphatic heterocycles. The van der Waals surface area contributed by atoms with Crippen LogP contribution in [0.5, 0.6) is 0 Å². The van der Waals surface area contributed by atoms with Crippen molar-refractivity contribution in [1.29, 1.82) is 0 Å². The molecule has 0 aromatic heterocycles. The van der Waals surface area contributed by atoms with Gasteiger partial charge in [-0.25, -0.2) is 0 Å². The second-order valence-electron chi connectivity index (χ2n) is 34.9. The molecule has 6 atom stereocenters. The minimum atomic E-state index is 0.858. The van der Waals surface area contributed by atoms with Crippen molar-refractivity contribution in [2.24, 2.45) is 112 Å². The van der Waals surface area contributed by atoms with E-state index in [0.29, 0.717) is 0 Å². The van der Waals surface area contributed by atoms with Crippen molar-refractivity contribution in [2.45, 2.75) is 392 Å².